The third-order valence-corrected chi connectivity index (χ3v) is 3.99. The Bertz CT molecular complexity index is 759. The molecule has 8 heteroatoms. The van der Waals surface area contributed by atoms with Gasteiger partial charge in [-0.1, -0.05) is 0 Å². The molecule has 2 aromatic rings. The van der Waals surface area contributed by atoms with Gasteiger partial charge in [-0.15, -0.1) is 0 Å². The number of carbonyl (C=O) groups is 1. The fraction of sp³-hybridized carbons (Fsp3) is 0.421. The predicted molar refractivity (Wildman–Crippen MR) is 108 cm³/mol. The van der Waals surface area contributed by atoms with E-state index in [-0.39, 0.29) is 5.91 Å². The Morgan fingerprint density at radius 2 is 1.52 bits per heavy atom. The quantitative estimate of drug-likeness (QED) is 0.737. The second-order valence-corrected chi connectivity index (χ2v) is 6.32. The molecule has 27 heavy (non-hydrogen) atoms. The highest BCUT2D eigenvalue weighted by atomic mass is 16.5. The first kappa shape index (κ1) is 20.3. The Hall–Kier alpha value is -3.03. The lowest BCUT2D eigenvalue weighted by Crippen LogP contribution is -2.32. The zero-order chi connectivity index (χ0) is 20.1. The number of carbonyl (C=O) groups excluding carboxylic acids is 1. The summed E-state index contributed by atoms with van der Waals surface area (Å²) in [5.74, 6) is 2.14. The summed E-state index contributed by atoms with van der Waals surface area (Å²) in [5, 5.41) is 0. The summed E-state index contributed by atoms with van der Waals surface area (Å²) in [5.41, 5.74) is 0.996. The third kappa shape index (κ3) is 4.58. The third-order valence-electron chi connectivity index (χ3n) is 3.99. The molecule has 1 aromatic heterocycles. The van der Waals surface area contributed by atoms with Crippen molar-refractivity contribution in [1.82, 2.24) is 9.97 Å². The molecule has 146 valence electrons. The number of hydrogen-bond donors (Lipinski definition) is 0. The summed E-state index contributed by atoms with van der Waals surface area (Å²) in [7, 11) is 10.6. The van der Waals surface area contributed by atoms with Crippen LogP contribution in [0, 0.1) is 0 Å². The van der Waals surface area contributed by atoms with Crippen LogP contribution < -0.4 is 24.2 Å². The van der Waals surface area contributed by atoms with Crippen LogP contribution in [0.5, 0.6) is 11.5 Å². The maximum absolute atomic E-state index is 13.2. The number of methoxy groups -OCH3 is 2. The van der Waals surface area contributed by atoms with Crippen molar-refractivity contribution in [2.24, 2.45) is 0 Å². The van der Waals surface area contributed by atoms with Crippen LogP contribution in [0.2, 0.25) is 0 Å². The van der Waals surface area contributed by atoms with Crippen molar-refractivity contribution in [2.45, 2.75) is 6.92 Å². The minimum Gasteiger partial charge on any atom is -0.497 e. The van der Waals surface area contributed by atoms with Crippen LogP contribution in [-0.4, -0.2) is 64.8 Å². The molecular weight excluding hydrogens is 346 g/mol. The van der Waals surface area contributed by atoms with Gasteiger partial charge in [0, 0.05) is 59.0 Å². The average Bonchev–Trinajstić information content (AvgIpc) is 2.67. The molecule has 0 unspecified atom stereocenters. The van der Waals surface area contributed by atoms with E-state index in [9.17, 15) is 4.79 Å². The molecule has 0 bridgehead atoms. The summed E-state index contributed by atoms with van der Waals surface area (Å²) >= 11 is 0. The molecule has 0 saturated carbocycles. The van der Waals surface area contributed by atoms with E-state index in [0.717, 1.165) is 0 Å². The topological polar surface area (TPSA) is 71.0 Å². The van der Waals surface area contributed by atoms with Crippen molar-refractivity contribution in [3.05, 3.63) is 30.0 Å². The molecule has 0 spiro atoms. The number of aromatic nitrogens is 2. The molecule has 0 aliphatic heterocycles. The van der Waals surface area contributed by atoms with E-state index in [2.05, 4.69) is 9.97 Å². The SMILES string of the molecule is CCN(C(=O)c1cc(N(C)C)nc(N(C)C)n1)c1cc(OC)cc(OC)c1. The Labute approximate surface area is 160 Å². The molecule has 0 fully saturated rings. The van der Waals surface area contributed by atoms with Crippen molar-refractivity contribution in [1.29, 1.82) is 0 Å². The van der Waals surface area contributed by atoms with Crippen LogP contribution in [-0.2, 0) is 0 Å². The van der Waals surface area contributed by atoms with Crippen molar-refractivity contribution in [3.63, 3.8) is 0 Å². The van der Waals surface area contributed by atoms with E-state index < -0.39 is 0 Å². The van der Waals surface area contributed by atoms with E-state index in [0.29, 0.717) is 41.2 Å². The fourth-order valence-electron chi connectivity index (χ4n) is 2.49. The molecule has 1 amide bonds. The number of anilines is 3. The van der Waals surface area contributed by atoms with Gasteiger partial charge in [0.05, 0.1) is 19.9 Å². The average molecular weight is 373 g/mol. The Kier molecular flexibility index (Phi) is 6.44. The largest absolute Gasteiger partial charge is 0.497 e. The first-order valence-electron chi connectivity index (χ1n) is 8.59. The molecule has 1 aromatic carbocycles. The highest BCUT2D eigenvalue weighted by Gasteiger charge is 2.21. The Balaban J connectivity index is 2.51. The lowest BCUT2D eigenvalue weighted by atomic mass is 10.2. The number of ether oxygens (including phenoxy) is 2. The fourth-order valence-corrected chi connectivity index (χ4v) is 2.49. The Morgan fingerprint density at radius 1 is 0.926 bits per heavy atom. The molecule has 0 N–H and O–H groups in total. The smallest absolute Gasteiger partial charge is 0.277 e. The summed E-state index contributed by atoms with van der Waals surface area (Å²) in [4.78, 5) is 27.4. The molecule has 8 nitrogen and oxygen atoms in total. The van der Waals surface area contributed by atoms with Gasteiger partial charge in [-0.25, -0.2) is 4.98 Å². The molecule has 1 heterocycles. The van der Waals surface area contributed by atoms with Gasteiger partial charge in [0.1, 0.15) is 23.0 Å². The van der Waals surface area contributed by atoms with Crippen LogP contribution >= 0.6 is 0 Å². The number of amides is 1. The second-order valence-electron chi connectivity index (χ2n) is 6.32. The van der Waals surface area contributed by atoms with E-state index in [1.165, 1.54) is 0 Å². The molecular formula is C19H27N5O3. The minimum atomic E-state index is -0.221. The van der Waals surface area contributed by atoms with Crippen LogP contribution in [0.1, 0.15) is 17.4 Å². The van der Waals surface area contributed by atoms with Gasteiger partial charge < -0.3 is 24.2 Å². The minimum absolute atomic E-state index is 0.221. The van der Waals surface area contributed by atoms with Gasteiger partial charge in [0.2, 0.25) is 5.95 Å². The molecule has 0 aliphatic carbocycles. The van der Waals surface area contributed by atoms with Gasteiger partial charge >= 0.3 is 0 Å². The lowest BCUT2D eigenvalue weighted by Gasteiger charge is -2.23. The highest BCUT2D eigenvalue weighted by Crippen LogP contribution is 2.29. The number of hydrogen-bond acceptors (Lipinski definition) is 7. The van der Waals surface area contributed by atoms with Gasteiger partial charge in [0.15, 0.2) is 0 Å². The Morgan fingerprint density at radius 3 is 1.96 bits per heavy atom. The summed E-state index contributed by atoms with van der Waals surface area (Å²) < 4.78 is 10.6. The van der Waals surface area contributed by atoms with E-state index in [1.54, 1.807) is 48.3 Å². The normalized spacial score (nSPS) is 10.3. The molecule has 0 saturated heterocycles. The zero-order valence-electron chi connectivity index (χ0n) is 17.0. The highest BCUT2D eigenvalue weighted by molar-refractivity contribution is 6.05. The van der Waals surface area contributed by atoms with Crippen LogP contribution in [0.15, 0.2) is 24.3 Å². The molecule has 0 aliphatic rings. The van der Waals surface area contributed by atoms with Crippen molar-refractivity contribution in [2.75, 3.05) is 63.7 Å². The van der Waals surface area contributed by atoms with Crippen LogP contribution in [0.25, 0.3) is 0 Å². The van der Waals surface area contributed by atoms with Gasteiger partial charge in [-0.05, 0) is 6.92 Å². The summed E-state index contributed by atoms with van der Waals surface area (Å²) in [6, 6.07) is 7.05. The molecule has 0 atom stereocenters. The monoisotopic (exact) mass is 373 g/mol. The van der Waals surface area contributed by atoms with E-state index >= 15 is 0 Å². The maximum Gasteiger partial charge on any atom is 0.277 e. The van der Waals surface area contributed by atoms with Crippen LogP contribution in [0.4, 0.5) is 17.5 Å². The molecule has 2 rings (SSSR count). The van der Waals surface area contributed by atoms with Gasteiger partial charge in [-0.3, -0.25) is 4.79 Å². The summed E-state index contributed by atoms with van der Waals surface area (Å²) in [6.45, 7) is 2.37. The molecule has 0 radical (unpaired) electrons. The van der Waals surface area contributed by atoms with E-state index in [4.69, 9.17) is 9.47 Å². The van der Waals surface area contributed by atoms with E-state index in [1.807, 2.05) is 40.0 Å². The first-order valence-corrected chi connectivity index (χ1v) is 8.59. The standard InChI is InChI=1S/C19H27N5O3/c1-8-24(13-9-14(26-6)11-15(10-13)27-7)18(25)16-12-17(22(2)3)21-19(20-16)23(4)5/h9-12H,8H2,1-7H3. The van der Waals surface area contributed by atoms with Gasteiger partial charge in [-0.2, -0.15) is 4.98 Å². The lowest BCUT2D eigenvalue weighted by molar-refractivity contribution is 0.0983. The second kappa shape index (κ2) is 8.57. The number of benzene rings is 1. The van der Waals surface area contributed by atoms with Crippen LogP contribution in [0.3, 0.4) is 0 Å². The van der Waals surface area contributed by atoms with Crippen molar-refractivity contribution >= 4 is 23.4 Å². The number of rotatable bonds is 7. The number of nitrogens with zero attached hydrogens (tertiary/aromatic N) is 5. The summed E-state index contributed by atoms with van der Waals surface area (Å²) in [6.07, 6.45) is 0. The first-order chi connectivity index (χ1) is 12.8. The van der Waals surface area contributed by atoms with Crippen molar-refractivity contribution < 1.29 is 14.3 Å². The van der Waals surface area contributed by atoms with Gasteiger partial charge in [0.25, 0.3) is 5.91 Å². The maximum atomic E-state index is 13.2. The zero-order valence-corrected chi connectivity index (χ0v) is 17.0. The van der Waals surface area contributed by atoms with Crippen molar-refractivity contribution in [3.8, 4) is 11.5 Å². The predicted octanol–water partition coefficient (Wildman–Crippen LogP) is 2.29.